The van der Waals surface area contributed by atoms with Gasteiger partial charge in [-0.1, -0.05) is 38.1 Å². The molecule has 0 saturated heterocycles. The summed E-state index contributed by atoms with van der Waals surface area (Å²) in [5.74, 6) is 0. The van der Waals surface area contributed by atoms with E-state index in [1.54, 1.807) is 0 Å². The lowest BCUT2D eigenvalue weighted by Gasteiger charge is -2.23. The van der Waals surface area contributed by atoms with Gasteiger partial charge in [0.1, 0.15) is 0 Å². The zero-order valence-corrected chi connectivity index (χ0v) is 11.0. The zero-order valence-electron chi connectivity index (χ0n) is 11.0. The molecule has 2 heteroatoms. The number of rotatable bonds is 3. The Hall–Kier alpha value is -1.59. The molecule has 17 heavy (non-hydrogen) atoms. The summed E-state index contributed by atoms with van der Waals surface area (Å²) in [7, 11) is 0. The molecule has 0 aliphatic rings. The van der Waals surface area contributed by atoms with E-state index in [-0.39, 0.29) is 11.0 Å². The third kappa shape index (κ3) is 4.05. The molecular formula is C15H20N2. The van der Waals surface area contributed by atoms with E-state index in [9.17, 15) is 0 Å². The van der Waals surface area contributed by atoms with Crippen LogP contribution in [0.25, 0.3) is 0 Å². The quantitative estimate of drug-likeness (QED) is 0.808. The average molecular weight is 228 g/mol. The summed E-state index contributed by atoms with van der Waals surface area (Å²) in [5.41, 5.74) is 7.42. The highest BCUT2D eigenvalue weighted by Crippen LogP contribution is 2.25. The molecule has 0 bridgehead atoms. The highest BCUT2D eigenvalue weighted by molar-refractivity contribution is 5.36. The van der Waals surface area contributed by atoms with E-state index in [4.69, 9.17) is 11.0 Å². The van der Waals surface area contributed by atoms with Gasteiger partial charge in [-0.15, -0.1) is 0 Å². The highest BCUT2D eigenvalue weighted by Gasteiger charge is 2.18. The molecule has 0 aromatic heterocycles. The highest BCUT2D eigenvalue weighted by atomic mass is 14.7. The summed E-state index contributed by atoms with van der Waals surface area (Å²) in [6.07, 6.45) is 4.14. The number of benzene rings is 1. The van der Waals surface area contributed by atoms with Crippen molar-refractivity contribution < 1.29 is 0 Å². The molecule has 0 heterocycles. The lowest BCUT2D eigenvalue weighted by atomic mass is 9.83. The smallest absolute Gasteiger partial charge is 0.0991 e. The number of allylic oxidation sites excluding steroid dienone is 1. The van der Waals surface area contributed by atoms with E-state index in [2.05, 4.69) is 26.0 Å². The molecule has 0 radical (unpaired) electrons. The largest absolute Gasteiger partial charge is 0.322 e. The first-order valence-corrected chi connectivity index (χ1v) is 5.74. The van der Waals surface area contributed by atoms with Crippen LogP contribution in [0.3, 0.4) is 0 Å². The SMILES string of the molecule is CC(C)(N)/C=C/C(C)(C)c1ccc(C#N)cc1. The number of nitrogens with two attached hydrogens (primary N) is 1. The van der Waals surface area contributed by atoms with Crippen LogP contribution in [0.4, 0.5) is 0 Å². The molecule has 0 aliphatic carbocycles. The van der Waals surface area contributed by atoms with Gasteiger partial charge in [0.25, 0.3) is 0 Å². The number of nitriles is 1. The second-order valence-corrected chi connectivity index (χ2v) is 5.57. The van der Waals surface area contributed by atoms with Crippen LogP contribution in [0.1, 0.15) is 38.8 Å². The van der Waals surface area contributed by atoms with Gasteiger partial charge in [0.15, 0.2) is 0 Å². The van der Waals surface area contributed by atoms with Gasteiger partial charge in [-0.25, -0.2) is 0 Å². The number of hydrogen-bond acceptors (Lipinski definition) is 2. The Kier molecular flexibility index (Phi) is 3.75. The maximum absolute atomic E-state index is 8.76. The monoisotopic (exact) mass is 228 g/mol. The Labute approximate surface area is 104 Å². The molecule has 1 aromatic carbocycles. The predicted octanol–water partition coefficient (Wildman–Crippen LogP) is 3.13. The van der Waals surface area contributed by atoms with Crippen molar-refractivity contribution in [1.29, 1.82) is 5.26 Å². The van der Waals surface area contributed by atoms with Crippen molar-refractivity contribution in [2.75, 3.05) is 0 Å². The van der Waals surface area contributed by atoms with Crippen LogP contribution >= 0.6 is 0 Å². The van der Waals surface area contributed by atoms with Gasteiger partial charge in [0.2, 0.25) is 0 Å². The maximum atomic E-state index is 8.76. The van der Waals surface area contributed by atoms with E-state index < -0.39 is 0 Å². The van der Waals surface area contributed by atoms with Crippen molar-refractivity contribution in [3.8, 4) is 6.07 Å². The van der Waals surface area contributed by atoms with Gasteiger partial charge >= 0.3 is 0 Å². The Morgan fingerprint density at radius 2 is 1.59 bits per heavy atom. The van der Waals surface area contributed by atoms with Crippen LogP contribution in [-0.4, -0.2) is 5.54 Å². The Morgan fingerprint density at radius 3 is 2.00 bits per heavy atom. The molecule has 0 fully saturated rings. The van der Waals surface area contributed by atoms with Gasteiger partial charge in [-0.3, -0.25) is 0 Å². The first-order valence-electron chi connectivity index (χ1n) is 5.74. The second kappa shape index (κ2) is 4.73. The summed E-state index contributed by atoms with van der Waals surface area (Å²) in [6.45, 7) is 8.21. The van der Waals surface area contributed by atoms with Crippen LogP contribution in [-0.2, 0) is 5.41 Å². The molecule has 0 saturated carbocycles. The molecule has 0 spiro atoms. The topological polar surface area (TPSA) is 49.8 Å². The first kappa shape index (κ1) is 13.5. The van der Waals surface area contributed by atoms with E-state index >= 15 is 0 Å². The summed E-state index contributed by atoms with van der Waals surface area (Å²) in [6, 6.07) is 9.80. The van der Waals surface area contributed by atoms with Crippen molar-refractivity contribution in [1.82, 2.24) is 0 Å². The molecule has 1 rings (SSSR count). The van der Waals surface area contributed by atoms with Crippen molar-refractivity contribution in [3.63, 3.8) is 0 Å². The number of nitrogens with zero attached hydrogens (tertiary/aromatic N) is 1. The molecule has 0 unspecified atom stereocenters. The zero-order chi connectivity index (χ0) is 13.1. The summed E-state index contributed by atoms with van der Waals surface area (Å²) >= 11 is 0. The molecule has 0 aliphatic heterocycles. The fourth-order valence-electron chi connectivity index (χ4n) is 1.49. The summed E-state index contributed by atoms with van der Waals surface area (Å²) in [4.78, 5) is 0. The fraction of sp³-hybridized carbons (Fsp3) is 0.400. The lowest BCUT2D eigenvalue weighted by molar-refractivity contribution is 0.619. The molecule has 90 valence electrons. The van der Waals surface area contributed by atoms with E-state index in [1.807, 2.05) is 44.2 Å². The Bertz CT molecular complexity index is 439. The number of hydrogen-bond donors (Lipinski definition) is 1. The molecule has 2 N–H and O–H groups in total. The normalized spacial score (nSPS) is 12.7. The maximum Gasteiger partial charge on any atom is 0.0991 e. The van der Waals surface area contributed by atoms with Crippen LogP contribution in [0.2, 0.25) is 0 Å². The standard InChI is InChI=1S/C15H20N2/c1-14(2,9-10-15(3,4)17)13-7-5-12(11-16)6-8-13/h5-10H,17H2,1-4H3/b10-9+. The van der Waals surface area contributed by atoms with Crippen LogP contribution in [0.15, 0.2) is 36.4 Å². The van der Waals surface area contributed by atoms with Crippen molar-refractivity contribution in [2.45, 2.75) is 38.6 Å². The van der Waals surface area contributed by atoms with Gasteiger partial charge in [0, 0.05) is 11.0 Å². The third-order valence-electron chi connectivity index (χ3n) is 2.69. The second-order valence-electron chi connectivity index (χ2n) is 5.57. The third-order valence-corrected chi connectivity index (χ3v) is 2.69. The van der Waals surface area contributed by atoms with Crippen LogP contribution in [0.5, 0.6) is 0 Å². The van der Waals surface area contributed by atoms with Crippen molar-refractivity contribution in [2.24, 2.45) is 5.73 Å². The fourth-order valence-corrected chi connectivity index (χ4v) is 1.49. The van der Waals surface area contributed by atoms with Gasteiger partial charge in [0.05, 0.1) is 11.6 Å². The van der Waals surface area contributed by atoms with Gasteiger partial charge in [-0.2, -0.15) is 5.26 Å². The van der Waals surface area contributed by atoms with E-state index in [0.717, 1.165) is 0 Å². The van der Waals surface area contributed by atoms with E-state index in [1.165, 1.54) is 5.56 Å². The summed E-state index contributed by atoms with van der Waals surface area (Å²) < 4.78 is 0. The van der Waals surface area contributed by atoms with Crippen molar-refractivity contribution in [3.05, 3.63) is 47.5 Å². The molecule has 0 atom stereocenters. The molecule has 0 amide bonds. The van der Waals surface area contributed by atoms with Gasteiger partial charge < -0.3 is 5.73 Å². The first-order chi connectivity index (χ1) is 7.74. The molecule has 1 aromatic rings. The minimum absolute atomic E-state index is 0.0787. The molecular weight excluding hydrogens is 208 g/mol. The van der Waals surface area contributed by atoms with Crippen LogP contribution < -0.4 is 5.73 Å². The summed E-state index contributed by atoms with van der Waals surface area (Å²) in [5, 5.41) is 8.76. The minimum atomic E-state index is -0.302. The Morgan fingerprint density at radius 1 is 1.06 bits per heavy atom. The average Bonchev–Trinajstić information content (AvgIpc) is 2.26. The van der Waals surface area contributed by atoms with Gasteiger partial charge in [-0.05, 0) is 31.5 Å². The van der Waals surface area contributed by atoms with Crippen LogP contribution in [0, 0.1) is 11.3 Å². The minimum Gasteiger partial charge on any atom is -0.322 e. The Balaban J connectivity index is 2.97. The lowest BCUT2D eigenvalue weighted by Crippen LogP contribution is -2.29. The predicted molar refractivity (Wildman–Crippen MR) is 71.6 cm³/mol. The molecule has 2 nitrogen and oxygen atoms in total. The van der Waals surface area contributed by atoms with E-state index in [0.29, 0.717) is 5.56 Å². The van der Waals surface area contributed by atoms with Crippen molar-refractivity contribution >= 4 is 0 Å².